The minimum Gasteiger partial charge on any atom is -0.318 e. The highest BCUT2D eigenvalue weighted by atomic mass is 79.9. The molecule has 118 valence electrons. The van der Waals surface area contributed by atoms with Gasteiger partial charge in [-0.05, 0) is 46.6 Å². The van der Waals surface area contributed by atoms with Crippen LogP contribution < -0.4 is 5.32 Å². The molecule has 1 N–H and O–H groups in total. The van der Waals surface area contributed by atoms with Crippen LogP contribution in [0.2, 0.25) is 0 Å². The van der Waals surface area contributed by atoms with Crippen LogP contribution in [0.25, 0.3) is 5.65 Å². The Kier molecular flexibility index (Phi) is 4.43. The lowest BCUT2D eigenvalue weighted by molar-refractivity contribution is 0.102. The number of aryl methyl sites for hydroxylation is 1. The number of nitrogens with one attached hydrogen (secondary N) is 1. The van der Waals surface area contributed by atoms with Crippen LogP contribution in [0.5, 0.6) is 0 Å². The molecule has 0 atom stereocenters. The Balaban J connectivity index is 2.06. The first-order chi connectivity index (χ1) is 11.1. The van der Waals surface area contributed by atoms with Crippen molar-refractivity contribution < 1.29 is 9.18 Å². The Bertz CT molecular complexity index is 875. The fraction of sp³-hybridized carbons (Fsp3) is 0.176. The van der Waals surface area contributed by atoms with Crippen LogP contribution in [0.4, 0.5) is 10.1 Å². The van der Waals surface area contributed by atoms with Crippen molar-refractivity contribution in [3.05, 3.63) is 64.3 Å². The summed E-state index contributed by atoms with van der Waals surface area (Å²) in [6.07, 6.45) is 3.34. The molecule has 0 bridgehead atoms. The average Bonchev–Trinajstić information content (AvgIpc) is 2.87. The zero-order chi connectivity index (χ0) is 16.4. The van der Waals surface area contributed by atoms with Gasteiger partial charge in [0, 0.05) is 10.7 Å². The number of carbonyl (C=O) groups is 1. The van der Waals surface area contributed by atoms with Gasteiger partial charge in [-0.2, -0.15) is 0 Å². The van der Waals surface area contributed by atoms with Crippen LogP contribution in [0.15, 0.2) is 47.1 Å². The fourth-order valence-corrected chi connectivity index (χ4v) is 2.80. The predicted molar refractivity (Wildman–Crippen MR) is 91.2 cm³/mol. The van der Waals surface area contributed by atoms with E-state index in [-0.39, 0.29) is 11.6 Å². The number of hydrogen-bond donors (Lipinski definition) is 1. The average molecular weight is 376 g/mol. The van der Waals surface area contributed by atoms with E-state index in [1.54, 1.807) is 22.7 Å². The van der Waals surface area contributed by atoms with Crippen LogP contribution in [-0.2, 0) is 6.42 Å². The lowest BCUT2D eigenvalue weighted by Crippen LogP contribution is -2.17. The molecule has 0 unspecified atom stereocenters. The standard InChI is InChI=1S/C17H15BrFN3O/c1-2-5-14-16(22-10-11(18)8-9-15(22)20-14)17(23)21-13-7-4-3-6-12(13)19/h3-4,6-10H,2,5H2,1H3,(H,21,23). The van der Waals surface area contributed by atoms with Gasteiger partial charge in [-0.15, -0.1) is 0 Å². The number of halogens is 2. The molecule has 0 saturated carbocycles. The summed E-state index contributed by atoms with van der Waals surface area (Å²) in [5.74, 6) is -0.836. The van der Waals surface area contributed by atoms with Gasteiger partial charge >= 0.3 is 0 Å². The van der Waals surface area contributed by atoms with Gasteiger partial charge in [0.1, 0.15) is 17.2 Å². The van der Waals surface area contributed by atoms with Crippen molar-refractivity contribution in [1.82, 2.24) is 9.38 Å². The molecule has 0 radical (unpaired) electrons. The quantitative estimate of drug-likeness (QED) is 0.732. The zero-order valence-electron chi connectivity index (χ0n) is 12.5. The van der Waals surface area contributed by atoms with Crippen LogP contribution in [-0.4, -0.2) is 15.3 Å². The van der Waals surface area contributed by atoms with Crippen LogP contribution >= 0.6 is 15.9 Å². The van der Waals surface area contributed by atoms with E-state index in [1.807, 2.05) is 19.1 Å². The van der Waals surface area contributed by atoms with Gasteiger partial charge < -0.3 is 5.32 Å². The first kappa shape index (κ1) is 15.7. The fourth-order valence-electron chi connectivity index (χ4n) is 2.46. The third-order valence-corrected chi connectivity index (χ3v) is 3.95. The first-order valence-corrected chi connectivity index (χ1v) is 8.12. The van der Waals surface area contributed by atoms with Crippen LogP contribution in [0.1, 0.15) is 29.5 Å². The van der Waals surface area contributed by atoms with Gasteiger partial charge in [0.25, 0.3) is 5.91 Å². The van der Waals surface area contributed by atoms with E-state index >= 15 is 0 Å². The summed E-state index contributed by atoms with van der Waals surface area (Å²) in [5.41, 5.74) is 1.99. The molecule has 4 nitrogen and oxygen atoms in total. The molecule has 0 aliphatic carbocycles. The molecule has 3 aromatic rings. The van der Waals surface area contributed by atoms with E-state index < -0.39 is 5.82 Å². The number of imidazole rings is 1. The molecule has 2 heterocycles. The number of carbonyl (C=O) groups excluding carboxylic acids is 1. The van der Waals surface area contributed by atoms with E-state index in [9.17, 15) is 9.18 Å². The minimum absolute atomic E-state index is 0.157. The normalized spacial score (nSPS) is 10.9. The number of para-hydroxylation sites is 1. The molecular formula is C17H15BrFN3O. The summed E-state index contributed by atoms with van der Waals surface area (Å²) < 4.78 is 16.3. The SMILES string of the molecule is CCCc1nc2ccc(Br)cn2c1C(=O)Nc1ccccc1F. The molecule has 0 fully saturated rings. The van der Waals surface area contributed by atoms with Crippen molar-refractivity contribution in [3.63, 3.8) is 0 Å². The molecule has 0 aliphatic heterocycles. The molecule has 0 aliphatic rings. The molecule has 0 spiro atoms. The van der Waals surface area contributed by atoms with Gasteiger partial charge in [0.2, 0.25) is 0 Å². The van der Waals surface area contributed by atoms with Crippen molar-refractivity contribution in [2.75, 3.05) is 5.32 Å². The van der Waals surface area contributed by atoms with E-state index in [2.05, 4.69) is 26.2 Å². The smallest absolute Gasteiger partial charge is 0.274 e. The second-order valence-corrected chi connectivity index (χ2v) is 6.08. The first-order valence-electron chi connectivity index (χ1n) is 7.32. The van der Waals surface area contributed by atoms with Crippen LogP contribution in [0, 0.1) is 5.82 Å². The Morgan fingerprint density at radius 1 is 1.30 bits per heavy atom. The Morgan fingerprint density at radius 3 is 2.83 bits per heavy atom. The van der Waals surface area contributed by atoms with Crippen molar-refractivity contribution in [2.45, 2.75) is 19.8 Å². The summed E-state index contributed by atoms with van der Waals surface area (Å²) in [4.78, 5) is 17.2. The number of pyridine rings is 1. The molecule has 1 amide bonds. The summed E-state index contributed by atoms with van der Waals surface area (Å²) in [5, 5.41) is 2.63. The highest BCUT2D eigenvalue weighted by Crippen LogP contribution is 2.20. The van der Waals surface area contributed by atoms with Crippen molar-refractivity contribution >= 4 is 33.2 Å². The second kappa shape index (κ2) is 6.50. The van der Waals surface area contributed by atoms with Gasteiger partial charge in [-0.1, -0.05) is 25.5 Å². The highest BCUT2D eigenvalue weighted by Gasteiger charge is 2.20. The maximum atomic E-state index is 13.8. The molecular weight excluding hydrogens is 361 g/mol. The molecule has 0 saturated heterocycles. The number of benzene rings is 1. The summed E-state index contributed by atoms with van der Waals surface area (Å²) in [6, 6.07) is 9.81. The third-order valence-electron chi connectivity index (χ3n) is 3.48. The van der Waals surface area contributed by atoms with Crippen molar-refractivity contribution in [2.24, 2.45) is 0 Å². The highest BCUT2D eigenvalue weighted by molar-refractivity contribution is 9.10. The van der Waals surface area contributed by atoms with Gasteiger partial charge in [-0.3, -0.25) is 9.20 Å². The second-order valence-electron chi connectivity index (χ2n) is 5.17. The molecule has 3 rings (SSSR count). The molecule has 6 heteroatoms. The van der Waals surface area contributed by atoms with Gasteiger partial charge in [-0.25, -0.2) is 9.37 Å². The topological polar surface area (TPSA) is 46.4 Å². The number of amides is 1. The number of nitrogens with zero attached hydrogens (tertiary/aromatic N) is 2. The Labute approximate surface area is 141 Å². The number of fused-ring (bicyclic) bond motifs is 1. The summed E-state index contributed by atoms with van der Waals surface area (Å²) in [6.45, 7) is 2.03. The van der Waals surface area contributed by atoms with E-state index in [1.165, 1.54) is 12.1 Å². The van der Waals surface area contributed by atoms with Crippen LogP contribution in [0.3, 0.4) is 0 Å². The summed E-state index contributed by atoms with van der Waals surface area (Å²) >= 11 is 3.40. The van der Waals surface area contributed by atoms with Crippen molar-refractivity contribution in [3.8, 4) is 0 Å². The monoisotopic (exact) mass is 375 g/mol. The number of hydrogen-bond acceptors (Lipinski definition) is 2. The Morgan fingerprint density at radius 2 is 2.09 bits per heavy atom. The maximum absolute atomic E-state index is 13.8. The number of anilines is 1. The van der Waals surface area contributed by atoms with E-state index in [0.717, 1.165) is 10.9 Å². The molecule has 1 aromatic carbocycles. The number of rotatable bonds is 4. The van der Waals surface area contributed by atoms with E-state index in [0.29, 0.717) is 23.5 Å². The molecule has 23 heavy (non-hydrogen) atoms. The lowest BCUT2D eigenvalue weighted by Gasteiger charge is -2.08. The number of aromatic nitrogens is 2. The van der Waals surface area contributed by atoms with Gasteiger partial charge in [0.05, 0.1) is 11.4 Å². The molecule has 2 aromatic heterocycles. The van der Waals surface area contributed by atoms with Gasteiger partial charge in [0.15, 0.2) is 0 Å². The Hall–Kier alpha value is -2.21. The maximum Gasteiger partial charge on any atom is 0.274 e. The lowest BCUT2D eigenvalue weighted by atomic mass is 10.2. The van der Waals surface area contributed by atoms with Crippen molar-refractivity contribution in [1.29, 1.82) is 0 Å². The van der Waals surface area contributed by atoms with E-state index in [4.69, 9.17) is 0 Å². The largest absolute Gasteiger partial charge is 0.318 e. The third kappa shape index (κ3) is 3.12. The zero-order valence-corrected chi connectivity index (χ0v) is 14.1. The summed E-state index contributed by atoms with van der Waals surface area (Å²) in [7, 11) is 0. The minimum atomic E-state index is -0.465. The predicted octanol–water partition coefficient (Wildman–Crippen LogP) is 4.44.